The predicted molar refractivity (Wildman–Crippen MR) is 62.7 cm³/mol. The maximum absolute atomic E-state index is 12.1. The van der Waals surface area contributed by atoms with E-state index in [9.17, 15) is 22.8 Å². The highest BCUT2D eigenvalue weighted by Crippen LogP contribution is 2.38. The molecule has 116 valence electrons. The second-order valence-electron chi connectivity index (χ2n) is 5.10. The van der Waals surface area contributed by atoms with Gasteiger partial charge < -0.3 is 15.5 Å². The fourth-order valence-corrected chi connectivity index (χ4v) is 2.48. The van der Waals surface area contributed by atoms with Crippen LogP contribution in [0, 0.1) is 17.8 Å². The number of rotatable bonds is 5. The van der Waals surface area contributed by atoms with Gasteiger partial charge in [-0.2, -0.15) is 13.2 Å². The number of carboxylic acid groups (broad SMARTS) is 1. The third-order valence-electron chi connectivity index (χ3n) is 3.74. The number of hydrogen-bond donors (Lipinski definition) is 3. The molecular formula is C12H18F3NO4. The van der Waals surface area contributed by atoms with Crippen molar-refractivity contribution in [2.24, 2.45) is 17.8 Å². The maximum Gasteiger partial charge on any atom is 0.416 e. The monoisotopic (exact) mass is 297 g/mol. The van der Waals surface area contributed by atoms with Crippen LogP contribution in [-0.2, 0) is 9.59 Å². The van der Waals surface area contributed by atoms with E-state index in [1.165, 1.54) is 0 Å². The SMILES string of the molecule is CCC1CC(C(=O)O)C(C(=O)NCC(O)C(F)(F)F)C1. The van der Waals surface area contributed by atoms with Gasteiger partial charge in [0.1, 0.15) is 0 Å². The molecule has 1 aliphatic rings. The summed E-state index contributed by atoms with van der Waals surface area (Å²) in [5.41, 5.74) is 0. The first-order chi connectivity index (χ1) is 9.16. The number of hydrogen-bond acceptors (Lipinski definition) is 3. The molecule has 4 unspecified atom stereocenters. The average Bonchev–Trinajstić information content (AvgIpc) is 2.78. The topological polar surface area (TPSA) is 86.6 Å². The van der Waals surface area contributed by atoms with Gasteiger partial charge in [0.15, 0.2) is 6.10 Å². The molecule has 1 amide bonds. The molecule has 8 heteroatoms. The Labute approximate surface area is 114 Å². The van der Waals surface area contributed by atoms with E-state index in [2.05, 4.69) is 0 Å². The summed E-state index contributed by atoms with van der Waals surface area (Å²) in [7, 11) is 0. The molecule has 1 aliphatic carbocycles. The van der Waals surface area contributed by atoms with Gasteiger partial charge in [0.25, 0.3) is 0 Å². The molecule has 5 nitrogen and oxygen atoms in total. The maximum atomic E-state index is 12.1. The van der Waals surface area contributed by atoms with Crippen LogP contribution in [0.3, 0.4) is 0 Å². The molecule has 4 atom stereocenters. The van der Waals surface area contributed by atoms with Gasteiger partial charge in [-0.05, 0) is 18.8 Å². The third-order valence-corrected chi connectivity index (χ3v) is 3.74. The minimum absolute atomic E-state index is 0.0828. The number of amides is 1. The lowest BCUT2D eigenvalue weighted by Crippen LogP contribution is -2.43. The number of alkyl halides is 3. The van der Waals surface area contributed by atoms with Gasteiger partial charge >= 0.3 is 12.1 Å². The Morgan fingerprint density at radius 2 is 1.85 bits per heavy atom. The number of nitrogens with one attached hydrogen (secondary N) is 1. The second kappa shape index (κ2) is 6.43. The van der Waals surface area contributed by atoms with Crippen molar-refractivity contribution in [3.63, 3.8) is 0 Å². The first-order valence-electron chi connectivity index (χ1n) is 6.42. The van der Waals surface area contributed by atoms with E-state index in [1.807, 2.05) is 12.2 Å². The van der Waals surface area contributed by atoms with Crippen LogP contribution < -0.4 is 5.32 Å². The summed E-state index contributed by atoms with van der Waals surface area (Å²) < 4.78 is 36.3. The van der Waals surface area contributed by atoms with Gasteiger partial charge in [0.05, 0.1) is 18.4 Å². The van der Waals surface area contributed by atoms with Crippen LogP contribution in [0.5, 0.6) is 0 Å². The number of aliphatic carboxylic acids is 1. The second-order valence-corrected chi connectivity index (χ2v) is 5.10. The molecule has 0 aliphatic heterocycles. The predicted octanol–water partition coefficient (Wildman–Crippen LogP) is 1.16. The van der Waals surface area contributed by atoms with E-state index < -0.39 is 42.5 Å². The van der Waals surface area contributed by atoms with E-state index >= 15 is 0 Å². The van der Waals surface area contributed by atoms with Crippen molar-refractivity contribution in [1.29, 1.82) is 0 Å². The molecule has 0 heterocycles. The Hall–Kier alpha value is -1.31. The summed E-state index contributed by atoms with van der Waals surface area (Å²) in [6.07, 6.45) is -6.02. The van der Waals surface area contributed by atoms with E-state index in [-0.39, 0.29) is 5.92 Å². The fourth-order valence-electron chi connectivity index (χ4n) is 2.48. The molecule has 0 spiro atoms. The molecule has 1 rings (SSSR count). The Kier molecular flexibility index (Phi) is 5.38. The van der Waals surface area contributed by atoms with Crippen molar-refractivity contribution in [3.8, 4) is 0 Å². The number of carbonyl (C=O) groups is 2. The van der Waals surface area contributed by atoms with Crippen LogP contribution in [-0.4, -0.2) is 40.9 Å². The number of aliphatic hydroxyl groups excluding tert-OH is 1. The zero-order chi connectivity index (χ0) is 15.5. The normalized spacial score (nSPS) is 28.1. The minimum Gasteiger partial charge on any atom is -0.481 e. The summed E-state index contributed by atoms with van der Waals surface area (Å²) in [6.45, 7) is 0.916. The lowest BCUT2D eigenvalue weighted by molar-refractivity contribution is -0.202. The highest BCUT2D eigenvalue weighted by Gasteiger charge is 2.43. The fraction of sp³-hybridized carbons (Fsp3) is 0.833. The van der Waals surface area contributed by atoms with E-state index in [0.717, 1.165) is 6.42 Å². The van der Waals surface area contributed by atoms with Crippen molar-refractivity contribution in [2.75, 3.05) is 6.54 Å². The molecule has 0 aromatic heterocycles. The largest absolute Gasteiger partial charge is 0.481 e. The molecule has 1 saturated carbocycles. The highest BCUT2D eigenvalue weighted by atomic mass is 19.4. The first kappa shape index (κ1) is 16.7. The molecule has 0 aromatic rings. The Morgan fingerprint density at radius 3 is 2.30 bits per heavy atom. The zero-order valence-corrected chi connectivity index (χ0v) is 11.0. The van der Waals surface area contributed by atoms with Crippen molar-refractivity contribution in [2.45, 2.75) is 38.5 Å². The molecule has 0 aromatic carbocycles. The summed E-state index contributed by atoms with van der Waals surface area (Å²) in [6, 6.07) is 0. The summed E-state index contributed by atoms with van der Waals surface area (Å²) in [5, 5.41) is 19.8. The molecule has 0 saturated heterocycles. The quantitative estimate of drug-likeness (QED) is 0.711. The van der Waals surface area contributed by atoms with Crippen LogP contribution >= 0.6 is 0 Å². The first-order valence-corrected chi connectivity index (χ1v) is 6.42. The van der Waals surface area contributed by atoms with E-state index in [4.69, 9.17) is 10.2 Å². The third kappa shape index (κ3) is 4.09. The Bertz CT molecular complexity index is 372. The van der Waals surface area contributed by atoms with Crippen molar-refractivity contribution >= 4 is 11.9 Å². The van der Waals surface area contributed by atoms with Crippen molar-refractivity contribution < 1.29 is 33.0 Å². The lowest BCUT2D eigenvalue weighted by Gasteiger charge is -2.18. The number of carboxylic acids is 1. The van der Waals surface area contributed by atoms with Crippen LogP contribution in [0.4, 0.5) is 13.2 Å². The van der Waals surface area contributed by atoms with Crippen LogP contribution in [0.2, 0.25) is 0 Å². The standard InChI is InChI=1S/C12H18F3NO4/c1-2-6-3-7(8(4-6)11(19)20)10(18)16-5-9(17)12(13,14)15/h6-9,17H,2-5H2,1H3,(H,16,18)(H,19,20). The summed E-state index contributed by atoms with van der Waals surface area (Å²) in [4.78, 5) is 22.9. The van der Waals surface area contributed by atoms with Crippen molar-refractivity contribution in [1.82, 2.24) is 5.32 Å². The number of halogens is 3. The lowest BCUT2D eigenvalue weighted by atomic mass is 9.95. The number of carbonyl (C=O) groups excluding carboxylic acids is 1. The van der Waals surface area contributed by atoms with E-state index in [1.54, 1.807) is 0 Å². The molecular weight excluding hydrogens is 279 g/mol. The smallest absolute Gasteiger partial charge is 0.416 e. The summed E-state index contributed by atoms with van der Waals surface area (Å²) >= 11 is 0. The van der Waals surface area contributed by atoms with Gasteiger partial charge in [0.2, 0.25) is 5.91 Å². The molecule has 1 fully saturated rings. The van der Waals surface area contributed by atoms with Crippen LogP contribution in [0.15, 0.2) is 0 Å². The van der Waals surface area contributed by atoms with Gasteiger partial charge in [0, 0.05) is 0 Å². The molecule has 0 radical (unpaired) electrons. The minimum atomic E-state index is -4.80. The highest BCUT2D eigenvalue weighted by molar-refractivity contribution is 5.85. The molecule has 20 heavy (non-hydrogen) atoms. The summed E-state index contributed by atoms with van der Waals surface area (Å²) in [5.74, 6) is -3.48. The Morgan fingerprint density at radius 1 is 1.30 bits per heavy atom. The molecule has 0 bridgehead atoms. The van der Waals surface area contributed by atoms with Gasteiger partial charge in [-0.3, -0.25) is 9.59 Å². The van der Waals surface area contributed by atoms with Crippen molar-refractivity contribution in [3.05, 3.63) is 0 Å². The van der Waals surface area contributed by atoms with Crippen LogP contribution in [0.25, 0.3) is 0 Å². The van der Waals surface area contributed by atoms with Gasteiger partial charge in [-0.1, -0.05) is 13.3 Å². The average molecular weight is 297 g/mol. The van der Waals surface area contributed by atoms with Gasteiger partial charge in [-0.25, -0.2) is 0 Å². The van der Waals surface area contributed by atoms with Gasteiger partial charge in [-0.15, -0.1) is 0 Å². The zero-order valence-electron chi connectivity index (χ0n) is 11.0. The Balaban J connectivity index is 2.59. The van der Waals surface area contributed by atoms with E-state index in [0.29, 0.717) is 12.8 Å². The number of aliphatic hydroxyl groups is 1. The molecule has 3 N–H and O–H groups in total. The van der Waals surface area contributed by atoms with Crippen LogP contribution in [0.1, 0.15) is 26.2 Å².